The van der Waals surface area contributed by atoms with Crippen molar-refractivity contribution in [3.63, 3.8) is 0 Å². The summed E-state index contributed by atoms with van der Waals surface area (Å²) < 4.78 is 0. The second-order valence-corrected chi connectivity index (χ2v) is 9.48. The number of aliphatic hydroxyl groups is 1. The first-order valence-corrected chi connectivity index (χ1v) is 11.1. The van der Waals surface area contributed by atoms with Crippen LogP contribution < -0.4 is 0 Å². The molecule has 0 saturated heterocycles. The molecule has 30 heavy (non-hydrogen) atoms. The summed E-state index contributed by atoms with van der Waals surface area (Å²) in [6.07, 6.45) is 18.6. The van der Waals surface area contributed by atoms with E-state index < -0.39 is 0 Å². The average molecular weight is 399 g/mol. The predicted octanol–water partition coefficient (Wildman–Crippen LogP) is 6.84. The van der Waals surface area contributed by atoms with E-state index >= 15 is 0 Å². The molecule has 2 N–H and O–H groups in total. The van der Waals surface area contributed by atoms with E-state index in [0.717, 1.165) is 19.3 Å². The third-order valence-corrected chi connectivity index (χ3v) is 7.82. The van der Waals surface area contributed by atoms with Gasteiger partial charge in [-0.3, -0.25) is 0 Å². The Morgan fingerprint density at radius 3 is 2.53 bits per heavy atom. The molecule has 0 bridgehead atoms. The van der Waals surface area contributed by atoms with Gasteiger partial charge in [0.05, 0.1) is 0 Å². The molecule has 0 heterocycles. The molecule has 0 spiro atoms. The van der Waals surface area contributed by atoms with Crippen LogP contribution in [0.25, 0.3) is 0 Å². The standard InChI is InChI=1S/C28H30O2/c1-18-16-26-27(3,17-19(18)2)24-6-4-5-7-25(24)28(26,20-8-12-22(29)13-9-20)21-10-14-23(30)15-11-21/h5,7-10,12-18,21,29-30H,4,6,11H2,1-3H3. The fourth-order valence-electron chi connectivity index (χ4n) is 6.31. The highest BCUT2D eigenvalue weighted by Gasteiger charge is 2.58. The van der Waals surface area contributed by atoms with E-state index in [9.17, 15) is 10.2 Å². The first-order chi connectivity index (χ1) is 14.4. The van der Waals surface area contributed by atoms with Crippen molar-refractivity contribution in [3.05, 3.63) is 100 Å². The minimum atomic E-state index is -0.298. The van der Waals surface area contributed by atoms with E-state index in [4.69, 9.17) is 0 Å². The van der Waals surface area contributed by atoms with Crippen LogP contribution in [0, 0.1) is 17.3 Å². The maximum Gasteiger partial charge on any atom is 0.115 e. The molecule has 1 aromatic rings. The van der Waals surface area contributed by atoms with Crippen LogP contribution in [0.5, 0.6) is 5.75 Å². The first-order valence-electron chi connectivity index (χ1n) is 11.1. The van der Waals surface area contributed by atoms with Gasteiger partial charge in [-0.25, -0.2) is 0 Å². The van der Waals surface area contributed by atoms with Crippen molar-refractivity contribution in [2.75, 3.05) is 0 Å². The molecule has 4 aliphatic carbocycles. The predicted molar refractivity (Wildman–Crippen MR) is 122 cm³/mol. The largest absolute Gasteiger partial charge is 0.508 e. The van der Waals surface area contributed by atoms with Crippen LogP contribution in [-0.4, -0.2) is 10.2 Å². The molecule has 0 saturated carbocycles. The van der Waals surface area contributed by atoms with Crippen LogP contribution >= 0.6 is 0 Å². The molecule has 0 amide bonds. The summed E-state index contributed by atoms with van der Waals surface area (Å²) >= 11 is 0. The number of hydrogen-bond acceptors (Lipinski definition) is 2. The van der Waals surface area contributed by atoms with Crippen molar-refractivity contribution in [2.45, 2.75) is 45.4 Å². The van der Waals surface area contributed by atoms with Crippen LogP contribution in [0.1, 0.15) is 45.6 Å². The molecular weight excluding hydrogens is 368 g/mol. The second-order valence-electron chi connectivity index (χ2n) is 9.48. The van der Waals surface area contributed by atoms with Crippen molar-refractivity contribution >= 4 is 0 Å². The molecule has 0 aromatic heterocycles. The molecular formula is C28H30O2. The van der Waals surface area contributed by atoms with E-state index in [1.165, 1.54) is 27.9 Å². The zero-order chi connectivity index (χ0) is 21.1. The summed E-state index contributed by atoms with van der Waals surface area (Å²) in [5.41, 5.74) is 6.66. The van der Waals surface area contributed by atoms with E-state index in [-0.39, 0.29) is 16.7 Å². The molecule has 2 nitrogen and oxygen atoms in total. The lowest BCUT2D eigenvalue weighted by Crippen LogP contribution is -2.40. The minimum Gasteiger partial charge on any atom is -0.508 e. The first kappa shape index (κ1) is 19.2. The Morgan fingerprint density at radius 2 is 1.83 bits per heavy atom. The topological polar surface area (TPSA) is 40.5 Å². The zero-order valence-corrected chi connectivity index (χ0v) is 18.0. The molecule has 154 valence electrons. The number of benzene rings is 1. The Balaban J connectivity index is 1.84. The fourth-order valence-corrected chi connectivity index (χ4v) is 6.31. The quantitative estimate of drug-likeness (QED) is 0.536. The molecule has 4 atom stereocenters. The third kappa shape index (κ3) is 2.49. The highest BCUT2D eigenvalue weighted by molar-refractivity contribution is 5.68. The van der Waals surface area contributed by atoms with Crippen LogP contribution in [-0.2, 0) is 5.41 Å². The Bertz CT molecular complexity index is 1080. The normalized spacial score (nSPS) is 34.8. The van der Waals surface area contributed by atoms with E-state index in [0.29, 0.717) is 17.4 Å². The van der Waals surface area contributed by atoms with Crippen LogP contribution in [0.2, 0.25) is 0 Å². The van der Waals surface area contributed by atoms with Gasteiger partial charge in [0.2, 0.25) is 0 Å². The van der Waals surface area contributed by atoms with Crippen LogP contribution in [0.3, 0.4) is 0 Å². The van der Waals surface area contributed by atoms with Crippen LogP contribution in [0.4, 0.5) is 0 Å². The molecule has 5 rings (SSSR count). The number of aromatic hydroxyl groups is 1. The molecule has 2 heteroatoms. The Kier molecular flexibility index (Phi) is 4.25. The highest BCUT2D eigenvalue weighted by atomic mass is 16.3. The smallest absolute Gasteiger partial charge is 0.115 e. The van der Waals surface area contributed by atoms with Gasteiger partial charge < -0.3 is 10.2 Å². The average Bonchev–Trinajstić information content (AvgIpc) is 2.96. The van der Waals surface area contributed by atoms with Crippen LogP contribution in [0.15, 0.2) is 94.8 Å². The van der Waals surface area contributed by atoms with Crippen molar-refractivity contribution < 1.29 is 10.2 Å². The summed E-state index contributed by atoms with van der Waals surface area (Å²) in [4.78, 5) is 0. The van der Waals surface area contributed by atoms with Gasteiger partial charge in [0.1, 0.15) is 11.5 Å². The van der Waals surface area contributed by atoms with E-state index in [1.54, 1.807) is 0 Å². The van der Waals surface area contributed by atoms with Crippen molar-refractivity contribution in [1.82, 2.24) is 0 Å². The lowest BCUT2D eigenvalue weighted by molar-refractivity contribution is 0.381. The summed E-state index contributed by atoms with van der Waals surface area (Å²) in [6, 6.07) is 7.81. The maximum absolute atomic E-state index is 10.0. The van der Waals surface area contributed by atoms with Crippen molar-refractivity contribution in [2.24, 2.45) is 17.3 Å². The molecule has 0 aliphatic heterocycles. The number of aliphatic hydroxyl groups excluding tert-OH is 1. The van der Waals surface area contributed by atoms with Gasteiger partial charge in [0.25, 0.3) is 0 Å². The minimum absolute atomic E-state index is 0.0916. The van der Waals surface area contributed by atoms with Crippen molar-refractivity contribution in [3.8, 4) is 5.75 Å². The van der Waals surface area contributed by atoms with E-state index in [1.807, 2.05) is 24.3 Å². The fraction of sp³-hybridized carbons (Fsp3) is 0.357. The van der Waals surface area contributed by atoms with Crippen molar-refractivity contribution in [1.29, 1.82) is 0 Å². The zero-order valence-electron chi connectivity index (χ0n) is 18.0. The number of rotatable bonds is 2. The highest BCUT2D eigenvalue weighted by Crippen LogP contribution is 2.66. The second kappa shape index (κ2) is 6.63. The van der Waals surface area contributed by atoms with Gasteiger partial charge in [0.15, 0.2) is 0 Å². The number of fused-ring (bicyclic) bond motifs is 2. The molecule has 4 aliphatic rings. The van der Waals surface area contributed by atoms with Gasteiger partial charge in [-0.15, -0.1) is 0 Å². The Hall–Kier alpha value is -2.74. The Morgan fingerprint density at radius 1 is 1.07 bits per heavy atom. The molecule has 1 aromatic carbocycles. The summed E-state index contributed by atoms with van der Waals surface area (Å²) in [5.74, 6) is 1.24. The lowest BCUT2D eigenvalue weighted by atomic mass is 9.57. The third-order valence-electron chi connectivity index (χ3n) is 7.82. The number of phenolic OH excluding ortho intramolecular Hbond substituents is 1. The molecule has 0 radical (unpaired) electrons. The molecule has 4 unspecified atom stereocenters. The Labute approximate surface area is 179 Å². The van der Waals surface area contributed by atoms with Gasteiger partial charge in [-0.05, 0) is 85.9 Å². The molecule has 0 fully saturated rings. The number of phenols is 1. The summed E-state index contributed by atoms with van der Waals surface area (Å²) in [6.45, 7) is 6.93. The monoisotopic (exact) mass is 398 g/mol. The SMILES string of the molecule is CC1=CC2(C)C(=CC1C)C(c1ccc(O)cc1)(C1C=CC(O)=CC1)C1=C2CCC=C1. The maximum atomic E-state index is 10.0. The number of allylic oxidation sites excluding steroid dienone is 11. The van der Waals surface area contributed by atoms with Gasteiger partial charge in [0, 0.05) is 10.8 Å². The van der Waals surface area contributed by atoms with Gasteiger partial charge in [-0.1, -0.05) is 60.6 Å². The van der Waals surface area contributed by atoms with Gasteiger partial charge >= 0.3 is 0 Å². The summed E-state index contributed by atoms with van der Waals surface area (Å²) in [5, 5.41) is 20.1. The lowest BCUT2D eigenvalue weighted by Gasteiger charge is -2.45. The summed E-state index contributed by atoms with van der Waals surface area (Å²) in [7, 11) is 0. The van der Waals surface area contributed by atoms with Gasteiger partial charge in [-0.2, -0.15) is 0 Å². The van der Waals surface area contributed by atoms with E-state index in [2.05, 4.69) is 63.3 Å². The number of hydrogen-bond donors (Lipinski definition) is 2.